The second kappa shape index (κ2) is 9.23. The molecule has 33 heavy (non-hydrogen) atoms. The van der Waals surface area contributed by atoms with Gasteiger partial charge in [-0.05, 0) is 56.0 Å². The van der Waals surface area contributed by atoms with Crippen LogP contribution in [0.4, 0.5) is 5.95 Å². The van der Waals surface area contributed by atoms with Crippen LogP contribution in [0.15, 0.2) is 65.0 Å². The molecular formula is C25H25ClN4O2S. The van der Waals surface area contributed by atoms with E-state index in [0.29, 0.717) is 23.3 Å². The molecule has 1 aliphatic heterocycles. The minimum Gasteiger partial charge on any atom is -0.491 e. The Morgan fingerprint density at radius 3 is 2.88 bits per heavy atom. The highest BCUT2D eigenvalue weighted by Crippen LogP contribution is 2.41. The number of allylic oxidation sites excluding steroid dienone is 2. The van der Waals surface area contributed by atoms with Gasteiger partial charge < -0.3 is 10.1 Å². The van der Waals surface area contributed by atoms with E-state index in [9.17, 15) is 4.79 Å². The summed E-state index contributed by atoms with van der Waals surface area (Å²) in [6, 6.07) is 15.4. The molecule has 2 aromatic carbocycles. The van der Waals surface area contributed by atoms with Crippen LogP contribution in [0.3, 0.4) is 0 Å². The van der Waals surface area contributed by atoms with Crippen molar-refractivity contribution in [2.75, 3.05) is 5.32 Å². The summed E-state index contributed by atoms with van der Waals surface area (Å²) in [5.74, 6) is 2.26. The van der Waals surface area contributed by atoms with Crippen molar-refractivity contribution >= 4 is 35.1 Å². The number of benzene rings is 2. The zero-order valence-corrected chi connectivity index (χ0v) is 20.1. The summed E-state index contributed by atoms with van der Waals surface area (Å²) in [5, 5.41) is 9.56. The number of nitrogens with one attached hydrogen (secondary N) is 1. The molecule has 1 aliphatic carbocycles. The van der Waals surface area contributed by atoms with Crippen molar-refractivity contribution < 1.29 is 9.53 Å². The first-order valence-corrected chi connectivity index (χ1v) is 12.5. The van der Waals surface area contributed by atoms with Crippen LogP contribution in [-0.4, -0.2) is 26.7 Å². The van der Waals surface area contributed by atoms with E-state index < -0.39 is 0 Å². The van der Waals surface area contributed by atoms with Crippen molar-refractivity contribution in [1.29, 1.82) is 0 Å². The minimum absolute atomic E-state index is 0.0640. The third-order valence-electron chi connectivity index (χ3n) is 5.71. The van der Waals surface area contributed by atoms with Gasteiger partial charge in [0.05, 0.1) is 6.10 Å². The molecule has 170 valence electrons. The van der Waals surface area contributed by atoms with Gasteiger partial charge in [-0.25, -0.2) is 4.68 Å². The lowest BCUT2D eigenvalue weighted by Crippen LogP contribution is -2.31. The number of hydrogen-bond donors (Lipinski definition) is 1. The van der Waals surface area contributed by atoms with Crippen molar-refractivity contribution in [3.63, 3.8) is 0 Å². The number of hydrogen-bond acceptors (Lipinski definition) is 6. The van der Waals surface area contributed by atoms with Gasteiger partial charge in [0.25, 0.3) is 0 Å². The molecular weight excluding hydrogens is 456 g/mol. The molecule has 2 aliphatic rings. The summed E-state index contributed by atoms with van der Waals surface area (Å²) in [6.45, 7) is 4.00. The number of aromatic nitrogens is 3. The Balaban J connectivity index is 1.51. The first-order valence-electron chi connectivity index (χ1n) is 11.1. The molecule has 8 heteroatoms. The first kappa shape index (κ1) is 22.0. The number of Topliss-reactive ketones (excluding diaryl/α,β-unsaturated/α-hetero) is 1. The lowest BCUT2D eigenvalue weighted by atomic mass is 9.85. The van der Waals surface area contributed by atoms with Crippen molar-refractivity contribution in [3.05, 3.63) is 76.0 Å². The zero-order chi connectivity index (χ0) is 22.9. The van der Waals surface area contributed by atoms with Gasteiger partial charge in [0.1, 0.15) is 11.8 Å². The summed E-state index contributed by atoms with van der Waals surface area (Å²) in [4.78, 5) is 17.8. The second-order valence-electron chi connectivity index (χ2n) is 8.48. The molecule has 1 atom stereocenters. The molecule has 1 aromatic heterocycles. The first-order chi connectivity index (χ1) is 16.0. The SMILES string of the molecule is CC(C)Oc1cccc(C2C3=C(CCCC3=O)Nc3nc(SCc4ccccc4Cl)nn32)c1. The Bertz CT molecular complexity index is 1240. The number of anilines is 1. The molecule has 1 unspecified atom stereocenters. The molecule has 0 bridgehead atoms. The highest BCUT2D eigenvalue weighted by Gasteiger charge is 2.37. The average Bonchev–Trinajstić information content (AvgIpc) is 3.19. The lowest BCUT2D eigenvalue weighted by Gasteiger charge is -2.32. The Labute approximate surface area is 202 Å². The van der Waals surface area contributed by atoms with E-state index in [4.69, 9.17) is 26.4 Å². The van der Waals surface area contributed by atoms with E-state index in [2.05, 4.69) is 5.32 Å². The topological polar surface area (TPSA) is 69.0 Å². The van der Waals surface area contributed by atoms with Gasteiger partial charge in [0.2, 0.25) is 11.1 Å². The Morgan fingerprint density at radius 1 is 1.21 bits per heavy atom. The molecule has 1 N–H and O–H groups in total. The summed E-state index contributed by atoms with van der Waals surface area (Å²) >= 11 is 7.84. The van der Waals surface area contributed by atoms with E-state index in [-0.39, 0.29) is 17.9 Å². The molecule has 6 nitrogen and oxygen atoms in total. The highest BCUT2D eigenvalue weighted by atomic mass is 35.5. The molecule has 0 radical (unpaired) electrons. The van der Waals surface area contributed by atoms with Gasteiger partial charge in [-0.2, -0.15) is 4.98 Å². The van der Waals surface area contributed by atoms with Crippen molar-refractivity contribution in [3.8, 4) is 5.75 Å². The standard InChI is InChI=1S/C25H25ClN4O2S/c1-15(2)32-18-9-5-8-16(13-18)23-22-20(11-6-12-21(22)31)27-24-28-25(29-30(23)24)33-14-17-7-3-4-10-19(17)26/h3-5,7-10,13,15,23H,6,11-12,14H2,1-2H3,(H,27,28,29). The van der Waals surface area contributed by atoms with Crippen LogP contribution in [0.1, 0.15) is 50.3 Å². The van der Waals surface area contributed by atoms with Gasteiger partial charge in [0.15, 0.2) is 5.78 Å². The average molecular weight is 481 g/mol. The maximum Gasteiger partial charge on any atom is 0.227 e. The Morgan fingerprint density at radius 2 is 2.06 bits per heavy atom. The third-order valence-corrected chi connectivity index (χ3v) is 6.96. The van der Waals surface area contributed by atoms with Crippen LogP contribution in [0.25, 0.3) is 0 Å². The molecule has 3 aromatic rings. The van der Waals surface area contributed by atoms with E-state index in [0.717, 1.165) is 46.0 Å². The van der Waals surface area contributed by atoms with Crippen LogP contribution >= 0.6 is 23.4 Å². The molecule has 0 saturated carbocycles. The lowest BCUT2D eigenvalue weighted by molar-refractivity contribution is -0.116. The number of ether oxygens (including phenoxy) is 1. The minimum atomic E-state index is -0.332. The van der Waals surface area contributed by atoms with Crippen molar-refractivity contribution in [2.24, 2.45) is 0 Å². The van der Waals surface area contributed by atoms with Gasteiger partial charge in [-0.15, -0.1) is 5.10 Å². The zero-order valence-electron chi connectivity index (χ0n) is 18.5. The van der Waals surface area contributed by atoms with E-state index >= 15 is 0 Å². The van der Waals surface area contributed by atoms with Crippen LogP contribution in [-0.2, 0) is 10.5 Å². The smallest absolute Gasteiger partial charge is 0.227 e. The third kappa shape index (κ3) is 4.52. The largest absolute Gasteiger partial charge is 0.491 e. The van der Waals surface area contributed by atoms with E-state index in [1.165, 1.54) is 11.8 Å². The van der Waals surface area contributed by atoms with E-state index in [1.54, 1.807) is 0 Å². The number of nitrogens with zero attached hydrogens (tertiary/aromatic N) is 3. The fourth-order valence-corrected chi connectivity index (χ4v) is 5.41. The van der Waals surface area contributed by atoms with Crippen LogP contribution in [0.2, 0.25) is 5.02 Å². The van der Waals surface area contributed by atoms with Gasteiger partial charge in [-0.1, -0.05) is 53.7 Å². The van der Waals surface area contributed by atoms with Crippen LogP contribution in [0.5, 0.6) is 5.75 Å². The predicted molar refractivity (Wildman–Crippen MR) is 131 cm³/mol. The quantitative estimate of drug-likeness (QED) is 0.434. The number of fused-ring (bicyclic) bond motifs is 1. The number of thioether (sulfide) groups is 1. The normalized spacial score (nSPS) is 17.6. The molecule has 0 amide bonds. The Hall–Kier alpha value is -2.77. The molecule has 0 spiro atoms. The van der Waals surface area contributed by atoms with Crippen LogP contribution < -0.4 is 10.1 Å². The maximum absolute atomic E-state index is 13.0. The van der Waals surface area contributed by atoms with Crippen molar-refractivity contribution in [1.82, 2.24) is 14.8 Å². The molecule has 0 fully saturated rings. The predicted octanol–water partition coefficient (Wildman–Crippen LogP) is 6.03. The highest BCUT2D eigenvalue weighted by molar-refractivity contribution is 7.98. The fourth-order valence-electron chi connectivity index (χ4n) is 4.29. The molecule has 5 rings (SSSR count). The summed E-state index contributed by atoms with van der Waals surface area (Å²) in [5.41, 5.74) is 3.73. The van der Waals surface area contributed by atoms with Crippen molar-refractivity contribution in [2.45, 2.75) is 56.2 Å². The van der Waals surface area contributed by atoms with Gasteiger partial charge >= 0.3 is 0 Å². The number of halogens is 1. The summed E-state index contributed by atoms with van der Waals surface area (Å²) in [7, 11) is 0. The number of ketones is 1. The van der Waals surface area contributed by atoms with Crippen LogP contribution in [0, 0.1) is 0 Å². The maximum atomic E-state index is 13.0. The number of rotatable bonds is 6. The van der Waals surface area contributed by atoms with Gasteiger partial charge in [0, 0.05) is 28.5 Å². The summed E-state index contributed by atoms with van der Waals surface area (Å²) < 4.78 is 7.76. The second-order valence-corrected chi connectivity index (χ2v) is 9.83. The fraction of sp³-hybridized carbons (Fsp3) is 0.320. The summed E-state index contributed by atoms with van der Waals surface area (Å²) in [6.07, 6.45) is 2.29. The number of carbonyl (C=O) groups excluding carboxylic acids is 1. The van der Waals surface area contributed by atoms with E-state index in [1.807, 2.05) is 67.1 Å². The number of carbonyl (C=O) groups is 1. The molecule has 2 heterocycles. The monoisotopic (exact) mass is 480 g/mol. The molecule has 0 saturated heterocycles. The Kier molecular flexibility index (Phi) is 6.17. The van der Waals surface area contributed by atoms with Gasteiger partial charge in [-0.3, -0.25) is 4.79 Å².